The Bertz CT molecular complexity index is 678. The van der Waals surface area contributed by atoms with E-state index in [4.69, 9.17) is 0 Å². The molecule has 2 atom stereocenters. The number of hydrogen-bond donors (Lipinski definition) is 2. The number of nitrogens with one attached hydrogen (secondary N) is 1. The van der Waals surface area contributed by atoms with Gasteiger partial charge in [0.2, 0.25) is 5.91 Å². The normalized spacial score (nSPS) is 15.0. The van der Waals surface area contributed by atoms with E-state index in [0.29, 0.717) is 5.56 Å². The molecule has 2 aromatic rings. The van der Waals surface area contributed by atoms with Crippen molar-refractivity contribution in [2.45, 2.75) is 32.4 Å². The Labute approximate surface area is 149 Å². The lowest BCUT2D eigenvalue weighted by molar-refractivity contribution is -0.127. The molecule has 0 radical (unpaired) electrons. The number of amides is 1. The topological polar surface area (TPSA) is 70.4 Å². The van der Waals surface area contributed by atoms with Gasteiger partial charge in [0.25, 0.3) is 0 Å². The summed E-state index contributed by atoms with van der Waals surface area (Å²) < 4.78 is 1.63. The van der Waals surface area contributed by atoms with Crippen molar-refractivity contribution >= 4 is 5.91 Å². The molecule has 6 heteroatoms. The van der Waals surface area contributed by atoms with E-state index in [1.165, 1.54) is 0 Å². The zero-order chi connectivity index (χ0) is 18.4. The number of carbonyl (C=O) groups is 1. The van der Waals surface area contributed by atoms with Gasteiger partial charge < -0.3 is 10.4 Å². The maximum atomic E-state index is 12.9. The number of likely N-dealkylation sites (N-methyl/N-ethyl adjacent to an activating group) is 1. The van der Waals surface area contributed by atoms with E-state index in [-0.39, 0.29) is 18.5 Å². The molecule has 0 aliphatic rings. The highest BCUT2D eigenvalue weighted by Crippen LogP contribution is 2.22. The molecule has 0 bridgehead atoms. The molecule has 0 aliphatic heterocycles. The molecular formula is C19H28N4O2. The number of rotatable bonds is 8. The molecule has 6 nitrogen and oxygen atoms in total. The van der Waals surface area contributed by atoms with Crippen molar-refractivity contribution in [3.05, 3.63) is 53.9 Å². The summed E-state index contributed by atoms with van der Waals surface area (Å²) in [5.74, 6) is -0.112. The number of carbonyl (C=O) groups excluding carboxylic acids is 1. The molecule has 0 aliphatic carbocycles. The summed E-state index contributed by atoms with van der Waals surface area (Å²) in [6.45, 7) is 7.42. The fourth-order valence-corrected chi connectivity index (χ4v) is 2.91. The van der Waals surface area contributed by atoms with Crippen LogP contribution in [-0.4, -0.2) is 45.3 Å². The molecule has 1 heterocycles. The van der Waals surface area contributed by atoms with E-state index in [2.05, 4.69) is 15.3 Å². The Balaban J connectivity index is 2.14. The van der Waals surface area contributed by atoms with Crippen LogP contribution in [0.15, 0.2) is 42.7 Å². The standard InChI is InChI=1S/C19H28N4O2/c1-5-23(6-2)17(15-10-8-7-9-11-15)18(24)20-14-19(3,25)16-12-21-22(4)13-16/h7-13,17,25H,5-6,14H2,1-4H3,(H,20,24). The minimum atomic E-state index is -1.17. The summed E-state index contributed by atoms with van der Waals surface area (Å²) >= 11 is 0. The Kier molecular flexibility index (Phi) is 6.33. The van der Waals surface area contributed by atoms with Gasteiger partial charge >= 0.3 is 0 Å². The van der Waals surface area contributed by atoms with Gasteiger partial charge in [0.15, 0.2) is 0 Å². The van der Waals surface area contributed by atoms with E-state index in [9.17, 15) is 9.90 Å². The third kappa shape index (κ3) is 4.67. The molecule has 1 amide bonds. The number of aromatic nitrogens is 2. The second-order valence-electron chi connectivity index (χ2n) is 6.43. The first-order valence-corrected chi connectivity index (χ1v) is 8.67. The number of benzene rings is 1. The molecule has 1 aromatic heterocycles. The Morgan fingerprint density at radius 1 is 1.32 bits per heavy atom. The summed E-state index contributed by atoms with van der Waals surface area (Å²) in [5, 5.41) is 17.7. The van der Waals surface area contributed by atoms with Crippen LogP contribution < -0.4 is 5.32 Å². The second-order valence-corrected chi connectivity index (χ2v) is 6.43. The number of aryl methyl sites for hydroxylation is 1. The van der Waals surface area contributed by atoms with Crippen LogP contribution in [0.1, 0.15) is 37.9 Å². The first kappa shape index (κ1) is 19.1. The van der Waals surface area contributed by atoms with E-state index < -0.39 is 5.60 Å². The molecule has 2 unspecified atom stereocenters. The van der Waals surface area contributed by atoms with E-state index >= 15 is 0 Å². The highest BCUT2D eigenvalue weighted by atomic mass is 16.3. The Hall–Kier alpha value is -2.18. The van der Waals surface area contributed by atoms with Crippen LogP contribution in [0.3, 0.4) is 0 Å². The van der Waals surface area contributed by atoms with Crippen LogP contribution in [-0.2, 0) is 17.4 Å². The Morgan fingerprint density at radius 2 is 1.96 bits per heavy atom. The smallest absolute Gasteiger partial charge is 0.242 e. The fraction of sp³-hybridized carbons (Fsp3) is 0.474. The highest BCUT2D eigenvalue weighted by Gasteiger charge is 2.30. The monoisotopic (exact) mass is 344 g/mol. The van der Waals surface area contributed by atoms with Gasteiger partial charge in [-0.05, 0) is 25.6 Å². The van der Waals surface area contributed by atoms with Crippen LogP contribution >= 0.6 is 0 Å². The molecule has 2 rings (SSSR count). The molecule has 0 spiro atoms. The number of aliphatic hydroxyl groups is 1. The molecule has 2 N–H and O–H groups in total. The molecule has 136 valence electrons. The first-order chi connectivity index (χ1) is 11.9. The van der Waals surface area contributed by atoms with Gasteiger partial charge in [-0.3, -0.25) is 14.4 Å². The van der Waals surface area contributed by atoms with Crippen LogP contribution in [0.5, 0.6) is 0 Å². The van der Waals surface area contributed by atoms with Crippen LogP contribution in [0.25, 0.3) is 0 Å². The molecule has 0 fully saturated rings. The van der Waals surface area contributed by atoms with Crippen molar-refractivity contribution in [2.75, 3.05) is 19.6 Å². The quantitative estimate of drug-likeness (QED) is 0.766. The summed E-state index contributed by atoms with van der Waals surface area (Å²) in [7, 11) is 1.80. The third-order valence-corrected chi connectivity index (χ3v) is 4.47. The summed E-state index contributed by atoms with van der Waals surface area (Å²) in [4.78, 5) is 15.0. The zero-order valence-corrected chi connectivity index (χ0v) is 15.4. The summed E-state index contributed by atoms with van der Waals surface area (Å²) in [6, 6.07) is 9.36. The predicted molar refractivity (Wildman–Crippen MR) is 97.9 cm³/mol. The SMILES string of the molecule is CCN(CC)C(C(=O)NCC(C)(O)c1cnn(C)c1)c1ccccc1. The van der Waals surface area contributed by atoms with Crippen molar-refractivity contribution in [3.63, 3.8) is 0 Å². The average Bonchev–Trinajstić information content (AvgIpc) is 3.05. The van der Waals surface area contributed by atoms with E-state index in [1.54, 1.807) is 31.0 Å². The average molecular weight is 344 g/mol. The molecule has 1 aromatic carbocycles. The van der Waals surface area contributed by atoms with Crippen molar-refractivity contribution in [3.8, 4) is 0 Å². The van der Waals surface area contributed by atoms with Gasteiger partial charge in [0.05, 0.1) is 12.7 Å². The predicted octanol–water partition coefficient (Wildman–Crippen LogP) is 1.83. The maximum absolute atomic E-state index is 12.9. The molecule has 25 heavy (non-hydrogen) atoms. The van der Waals surface area contributed by atoms with Crippen molar-refractivity contribution in [2.24, 2.45) is 7.05 Å². The lowest BCUT2D eigenvalue weighted by atomic mass is 9.98. The van der Waals surface area contributed by atoms with Crippen LogP contribution in [0.4, 0.5) is 0 Å². The summed E-state index contributed by atoms with van der Waals surface area (Å²) in [6.07, 6.45) is 3.37. The van der Waals surface area contributed by atoms with Crippen LogP contribution in [0.2, 0.25) is 0 Å². The summed E-state index contributed by atoms with van der Waals surface area (Å²) in [5.41, 5.74) is 0.452. The van der Waals surface area contributed by atoms with Gasteiger partial charge in [0.1, 0.15) is 11.6 Å². The molecular weight excluding hydrogens is 316 g/mol. The zero-order valence-electron chi connectivity index (χ0n) is 15.4. The lowest BCUT2D eigenvalue weighted by Crippen LogP contribution is -2.45. The van der Waals surface area contributed by atoms with Gasteiger partial charge in [-0.15, -0.1) is 0 Å². The second kappa shape index (κ2) is 8.27. The first-order valence-electron chi connectivity index (χ1n) is 8.67. The van der Waals surface area contributed by atoms with Gasteiger partial charge in [-0.25, -0.2) is 0 Å². The third-order valence-electron chi connectivity index (χ3n) is 4.47. The number of nitrogens with zero attached hydrogens (tertiary/aromatic N) is 3. The molecule has 0 saturated carbocycles. The van der Waals surface area contributed by atoms with Crippen molar-refractivity contribution < 1.29 is 9.90 Å². The lowest BCUT2D eigenvalue weighted by Gasteiger charge is -2.30. The maximum Gasteiger partial charge on any atom is 0.242 e. The van der Waals surface area contributed by atoms with E-state index in [0.717, 1.165) is 18.7 Å². The van der Waals surface area contributed by atoms with Crippen molar-refractivity contribution in [1.82, 2.24) is 20.0 Å². The number of hydrogen-bond acceptors (Lipinski definition) is 4. The highest BCUT2D eigenvalue weighted by molar-refractivity contribution is 5.83. The molecule has 0 saturated heterocycles. The largest absolute Gasteiger partial charge is 0.383 e. The van der Waals surface area contributed by atoms with E-state index in [1.807, 2.05) is 44.2 Å². The fourth-order valence-electron chi connectivity index (χ4n) is 2.91. The van der Waals surface area contributed by atoms with Gasteiger partial charge in [-0.1, -0.05) is 44.2 Å². The van der Waals surface area contributed by atoms with Gasteiger partial charge in [0, 0.05) is 18.8 Å². The van der Waals surface area contributed by atoms with Gasteiger partial charge in [-0.2, -0.15) is 5.10 Å². The van der Waals surface area contributed by atoms with Crippen LogP contribution in [0, 0.1) is 0 Å². The Morgan fingerprint density at radius 3 is 2.48 bits per heavy atom. The minimum absolute atomic E-state index is 0.112. The minimum Gasteiger partial charge on any atom is -0.383 e. The van der Waals surface area contributed by atoms with Crippen molar-refractivity contribution in [1.29, 1.82) is 0 Å².